The number of rotatable bonds is 4. The van der Waals surface area contributed by atoms with Gasteiger partial charge in [-0.15, -0.1) is 5.10 Å². The van der Waals surface area contributed by atoms with Crippen molar-refractivity contribution >= 4 is 17.4 Å². The van der Waals surface area contributed by atoms with Gasteiger partial charge in [-0.1, -0.05) is 12.1 Å². The average Bonchev–Trinajstić information content (AvgIpc) is 2.76. The lowest BCUT2D eigenvalue weighted by Crippen LogP contribution is -2.49. The molecule has 1 aromatic heterocycles. The number of amides is 1. The maximum Gasteiger partial charge on any atom is 0.227 e. The first kappa shape index (κ1) is 18.6. The molecular weight excluding hydrogens is 361 g/mol. The largest absolute Gasteiger partial charge is 0.378 e. The van der Waals surface area contributed by atoms with Crippen LogP contribution in [-0.2, 0) is 16.0 Å². The van der Waals surface area contributed by atoms with E-state index in [0.717, 1.165) is 43.2 Å². The number of piperazine rings is 1. The Morgan fingerprint density at radius 3 is 2.43 bits per heavy atom. The fraction of sp³-hybridized carbons (Fsp3) is 0.450. The Bertz CT molecular complexity index is 802. The summed E-state index contributed by atoms with van der Waals surface area (Å²) in [6.45, 7) is 5.90. The number of halogens is 1. The molecule has 28 heavy (non-hydrogen) atoms. The summed E-state index contributed by atoms with van der Waals surface area (Å²) in [5.74, 6) is 0.663. The van der Waals surface area contributed by atoms with Crippen LogP contribution in [0.4, 0.5) is 15.9 Å². The van der Waals surface area contributed by atoms with Crippen molar-refractivity contribution in [2.24, 2.45) is 0 Å². The number of carbonyl (C=O) groups excluding carboxylic acids is 1. The van der Waals surface area contributed by atoms with Crippen molar-refractivity contribution in [3.05, 3.63) is 47.9 Å². The lowest BCUT2D eigenvalue weighted by molar-refractivity contribution is -0.130. The summed E-state index contributed by atoms with van der Waals surface area (Å²) in [6, 6.07) is 8.18. The van der Waals surface area contributed by atoms with E-state index in [1.807, 2.05) is 4.90 Å². The monoisotopic (exact) mass is 385 g/mol. The van der Waals surface area contributed by atoms with Gasteiger partial charge in [0.2, 0.25) is 5.91 Å². The Kier molecular flexibility index (Phi) is 5.66. The molecule has 0 radical (unpaired) electrons. The van der Waals surface area contributed by atoms with E-state index in [4.69, 9.17) is 4.74 Å². The summed E-state index contributed by atoms with van der Waals surface area (Å²) < 4.78 is 18.4. The van der Waals surface area contributed by atoms with Crippen LogP contribution in [-0.4, -0.2) is 73.5 Å². The summed E-state index contributed by atoms with van der Waals surface area (Å²) in [4.78, 5) is 18.8. The van der Waals surface area contributed by atoms with Crippen LogP contribution >= 0.6 is 0 Å². The average molecular weight is 385 g/mol. The molecule has 7 nitrogen and oxygen atoms in total. The first-order chi connectivity index (χ1) is 13.7. The number of nitrogens with zero attached hydrogens (tertiary/aromatic N) is 5. The van der Waals surface area contributed by atoms with Crippen LogP contribution in [0.3, 0.4) is 0 Å². The quantitative estimate of drug-likeness (QED) is 0.792. The van der Waals surface area contributed by atoms with Crippen molar-refractivity contribution in [1.82, 2.24) is 15.1 Å². The minimum Gasteiger partial charge on any atom is -0.378 e. The molecule has 2 aliphatic heterocycles. The first-order valence-electron chi connectivity index (χ1n) is 9.61. The smallest absolute Gasteiger partial charge is 0.227 e. The Morgan fingerprint density at radius 2 is 1.71 bits per heavy atom. The molecule has 2 aromatic rings. The molecule has 148 valence electrons. The van der Waals surface area contributed by atoms with E-state index in [2.05, 4.69) is 26.1 Å². The standard InChI is InChI=1S/C20H24FN5O2/c21-17-3-1-16(2-4-17)13-20(27)26-7-5-24(6-8-26)18-14-19(23-22-15-18)25-9-11-28-12-10-25/h1-4,14-15H,5-13H2. The second-order valence-electron chi connectivity index (χ2n) is 7.04. The molecule has 1 aromatic carbocycles. The van der Waals surface area contributed by atoms with Gasteiger partial charge in [-0.05, 0) is 17.7 Å². The van der Waals surface area contributed by atoms with E-state index in [1.165, 1.54) is 12.1 Å². The summed E-state index contributed by atoms with van der Waals surface area (Å²) in [7, 11) is 0. The fourth-order valence-corrected chi connectivity index (χ4v) is 3.57. The Labute approximate surface area is 163 Å². The number of ether oxygens (including phenoxy) is 1. The van der Waals surface area contributed by atoms with Gasteiger partial charge in [-0.25, -0.2) is 4.39 Å². The van der Waals surface area contributed by atoms with Crippen LogP contribution in [0, 0.1) is 5.82 Å². The lowest BCUT2D eigenvalue weighted by Gasteiger charge is -2.36. The molecule has 3 heterocycles. The van der Waals surface area contributed by atoms with Crippen LogP contribution in [0.5, 0.6) is 0 Å². The van der Waals surface area contributed by atoms with Gasteiger partial charge in [-0.3, -0.25) is 4.79 Å². The molecule has 4 rings (SSSR count). The number of carbonyl (C=O) groups is 1. The van der Waals surface area contributed by atoms with Gasteiger partial charge >= 0.3 is 0 Å². The third-order valence-electron chi connectivity index (χ3n) is 5.23. The maximum absolute atomic E-state index is 13.0. The molecule has 0 bridgehead atoms. The molecule has 2 fully saturated rings. The second-order valence-corrected chi connectivity index (χ2v) is 7.04. The van der Waals surface area contributed by atoms with Crippen LogP contribution < -0.4 is 9.80 Å². The number of hydrogen-bond acceptors (Lipinski definition) is 6. The Morgan fingerprint density at radius 1 is 1.00 bits per heavy atom. The maximum atomic E-state index is 13.0. The molecule has 8 heteroatoms. The van der Waals surface area contributed by atoms with Crippen LogP contribution in [0.15, 0.2) is 36.5 Å². The molecule has 0 aliphatic carbocycles. The highest BCUT2D eigenvalue weighted by molar-refractivity contribution is 5.79. The topological polar surface area (TPSA) is 61.8 Å². The predicted molar refractivity (Wildman–Crippen MR) is 104 cm³/mol. The zero-order valence-electron chi connectivity index (χ0n) is 15.8. The molecule has 1 amide bonds. The Hall–Kier alpha value is -2.74. The number of benzene rings is 1. The van der Waals surface area contributed by atoms with Gasteiger partial charge in [0.15, 0.2) is 5.82 Å². The second kappa shape index (κ2) is 8.52. The van der Waals surface area contributed by atoms with Gasteiger partial charge in [0.05, 0.1) is 31.5 Å². The van der Waals surface area contributed by atoms with Crippen molar-refractivity contribution in [1.29, 1.82) is 0 Å². The van der Waals surface area contributed by atoms with Crippen molar-refractivity contribution in [2.75, 3.05) is 62.3 Å². The highest BCUT2D eigenvalue weighted by Crippen LogP contribution is 2.21. The molecule has 0 N–H and O–H groups in total. The summed E-state index contributed by atoms with van der Waals surface area (Å²) >= 11 is 0. The number of morpholine rings is 1. The number of anilines is 2. The highest BCUT2D eigenvalue weighted by Gasteiger charge is 2.22. The molecule has 0 atom stereocenters. The summed E-state index contributed by atoms with van der Waals surface area (Å²) in [6.07, 6.45) is 2.08. The van der Waals surface area contributed by atoms with Crippen LogP contribution in [0.1, 0.15) is 5.56 Å². The van der Waals surface area contributed by atoms with E-state index < -0.39 is 0 Å². The first-order valence-corrected chi connectivity index (χ1v) is 9.61. The molecule has 0 spiro atoms. The fourth-order valence-electron chi connectivity index (χ4n) is 3.57. The molecule has 0 unspecified atom stereocenters. The van der Waals surface area contributed by atoms with Crippen molar-refractivity contribution in [3.8, 4) is 0 Å². The van der Waals surface area contributed by atoms with Gasteiger partial charge in [-0.2, -0.15) is 5.10 Å². The van der Waals surface area contributed by atoms with E-state index in [-0.39, 0.29) is 11.7 Å². The SMILES string of the molecule is O=C(Cc1ccc(F)cc1)N1CCN(c2cnnc(N3CCOCC3)c2)CC1. The third-order valence-corrected chi connectivity index (χ3v) is 5.23. The van der Waals surface area contributed by atoms with E-state index in [0.29, 0.717) is 32.7 Å². The minimum atomic E-state index is -0.285. The van der Waals surface area contributed by atoms with E-state index in [9.17, 15) is 9.18 Å². The van der Waals surface area contributed by atoms with E-state index in [1.54, 1.807) is 18.3 Å². The van der Waals surface area contributed by atoms with Gasteiger partial charge in [0, 0.05) is 45.3 Å². The van der Waals surface area contributed by atoms with Gasteiger partial charge in [0.25, 0.3) is 0 Å². The van der Waals surface area contributed by atoms with Gasteiger partial charge < -0.3 is 19.4 Å². The predicted octanol–water partition coefficient (Wildman–Crippen LogP) is 1.34. The van der Waals surface area contributed by atoms with Crippen LogP contribution in [0.2, 0.25) is 0 Å². The van der Waals surface area contributed by atoms with E-state index >= 15 is 0 Å². The van der Waals surface area contributed by atoms with Crippen molar-refractivity contribution in [3.63, 3.8) is 0 Å². The number of aromatic nitrogens is 2. The lowest BCUT2D eigenvalue weighted by atomic mass is 10.1. The minimum absolute atomic E-state index is 0.0770. The highest BCUT2D eigenvalue weighted by atomic mass is 19.1. The normalized spacial score (nSPS) is 17.7. The molecule has 0 saturated carbocycles. The van der Waals surface area contributed by atoms with Crippen LogP contribution in [0.25, 0.3) is 0 Å². The van der Waals surface area contributed by atoms with Crippen molar-refractivity contribution in [2.45, 2.75) is 6.42 Å². The zero-order valence-corrected chi connectivity index (χ0v) is 15.8. The molecule has 2 saturated heterocycles. The molecule has 2 aliphatic rings. The third kappa shape index (κ3) is 4.39. The Balaban J connectivity index is 1.33. The molecular formula is C20H24FN5O2. The number of hydrogen-bond donors (Lipinski definition) is 0. The zero-order chi connectivity index (χ0) is 19.3. The van der Waals surface area contributed by atoms with Gasteiger partial charge in [0.1, 0.15) is 5.82 Å². The summed E-state index contributed by atoms with van der Waals surface area (Å²) in [5, 5.41) is 8.42. The van der Waals surface area contributed by atoms with Crippen molar-refractivity contribution < 1.29 is 13.9 Å². The summed E-state index contributed by atoms with van der Waals surface area (Å²) in [5.41, 5.74) is 1.87.